The van der Waals surface area contributed by atoms with Crippen LogP contribution in [0.5, 0.6) is 0 Å². The minimum absolute atomic E-state index is 0.0565. The number of rotatable bonds is 2. The van der Waals surface area contributed by atoms with Crippen molar-refractivity contribution in [3.63, 3.8) is 0 Å². The van der Waals surface area contributed by atoms with Crippen LogP contribution in [0.1, 0.15) is 39.2 Å². The second kappa shape index (κ2) is 4.61. The number of anilines is 1. The van der Waals surface area contributed by atoms with Crippen molar-refractivity contribution in [3.8, 4) is 0 Å². The summed E-state index contributed by atoms with van der Waals surface area (Å²) in [5, 5.41) is 4.00. The highest BCUT2D eigenvalue weighted by Gasteiger charge is 2.63. The summed E-state index contributed by atoms with van der Waals surface area (Å²) in [4.78, 5) is 12.7. The molecule has 0 amide bonds. The van der Waals surface area contributed by atoms with Crippen molar-refractivity contribution in [2.24, 2.45) is 16.7 Å². The number of aryl methyl sites for hydroxylation is 1. The Bertz CT molecular complexity index is 647. The van der Waals surface area contributed by atoms with E-state index >= 15 is 0 Å². The molecule has 0 radical (unpaired) electrons. The van der Waals surface area contributed by atoms with Crippen LogP contribution >= 0.6 is 11.6 Å². The van der Waals surface area contributed by atoms with Gasteiger partial charge in [-0.25, -0.2) is 0 Å². The van der Waals surface area contributed by atoms with Gasteiger partial charge in [-0.15, -0.1) is 0 Å². The van der Waals surface area contributed by atoms with E-state index in [1.165, 1.54) is 0 Å². The van der Waals surface area contributed by atoms with E-state index in [2.05, 4.69) is 26.1 Å². The third-order valence-electron chi connectivity index (χ3n) is 5.95. The Morgan fingerprint density at radius 2 is 2.05 bits per heavy atom. The Balaban J connectivity index is 1.92. The second-order valence-electron chi connectivity index (χ2n) is 7.18. The molecular weight excluding hydrogens is 282 g/mol. The van der Waals surface area contributed by atoms with Crippen molar-refractivity contribution in [2.45, 2.75) is 40.5 Å². The molecule has 3 rings (SSSR count). The highest BCUT2D eigenvalue weighted by atomic mass is 35.5. The van der Waals surface area contributed by atoms with Gasteiger partial charge in [0.15, 0.2) is 5.78 Å². The number of hydrogen-bond acceptors (Lipinski definition) is 2. The fourth-order valence-electron chi connectivity index (χ4n) is 4.00. The lowest BCUT2D eigenvalue weighted by Gasteiger charge is -2.31. The summed E-state index contributed by atoms with van der Waals surface area (Å²) in [7, 11) is 0. The molecule has 2 fully saturated rings. The molecule has 0 heterocycles. The number of hydrogen-bond donors (Lipinski definition) is 1. The second-order valence-corrected chi connectivity index (χ2v) is 7.61. The molecule has 1 aromatic carbocycles. The topological polar surface area (TPSA) is 29.1 Å². The number of allylic oxidation sites excluding steroid dienone is 1. The molecule has 0 saturated heterocycles. The molecule has 1 N–H and O–H groups in total. The van der Waals surface area contributed by atoms with Crippen LogP contribution in [-0.4, -0.2) is 5.78 Å². The highest BCUT2D eigenvalue weighted by Crippen LogP contribution is 2.65. The zero-order valence-electron chi connectivity index (χ0n) is 13.1. The van der Waals surface area contributed by atoms with Crippen molar-refractivity contribution in [1.82, 2.24) is 0 Å². The number of fused-ring (bicyclic) bond motifs is 2. The number of halogens is 1. The predicted molar refractivity (Wildman–Crippen MR) is 87.5 cm³/mol. The van der Waals surface area contributed by atoms with Crippen molar-refractivity contribution in [3.05, 3.63) is 40.6 Å². The van der Waals surface area contributed by atoms with Crippen LogP contribution in [0.2, 0.25) is 5.02 Å². The van der Waals surface area contributed by atoms with Crippen LogP contribution in [0.4, 0.5) is 5.69 Å². The Hall–Kier alpha value is -1.28. The monoisotopic (exact) mass is 303 g/mol. The number of carbonyl (C=O) groups excluding carboxylic acids is 1. The number of Topliss-reactive ketones (excluding diaryl/α,β-unsaturated/α-hetero) is 1. The maximum atomic E-state index is 12.7. The lowest BCUT2D eigenvalue weighted by molar-refractivity contribution is -0.125. The molecule has 0 aliphatic heterocycles. The molecule has 0 spiro atoms. The van der Waals surface area contributed by atoms with Gasteiger partial charge in [-0.2, -0.15) is 0 Å². The van der Waals surface area contributed by atoms with E-state index in [1.54, 1.807) is 0 Å². The predicted octanol–water partition coefficient (Wildman–Crippen LogP) is 4.97. The quantitative estimate of drug-likeness (QED) is 0.782. The number of benzene rings is 1. The lowest BCUT2D eigenvalue weighted by Crippen LogP contribution is -2.32. The molecule has 2 aliphatic rings. The first-order valence-corrected chi connectivity index (χ1v) is 7.93. The van der Waals surface area contributed by atoms with E-state index in [4.69, 9.17) is 11.6 Å². The third kappa shape index (κ3) is 1.96. The molecule has 112 valence electrons. The van der Waals surface area contributed by atoms with Crippen molar-refractivity contribution < 1.29 is 4.79 Å². The summed E-state index contributed by atoms with van der Waals surface area (Å²) < 4.78 is 0. The molecular formula is C18H22ClNO. The molecule has 1 aromatic rings. The van der Waals surface area contributed by atoms with Crippen LogP contribution in [-0.2, 0) is 4.79 Å². The van der Waals surface area contributed by atoms with E-state index in [0.29, 0.717) is 16.7 Å². The maximum absolute atomic E-state index is 12.7. The van der Waals surface area contributed by atoms with Gasteiger partial charge in [-0.1, -0.05) is 38.4 Å². The first-order valence-electron chi connectivity index (χ1n) is 7.55. The Morgan fingerprint density at radius 3 is 2.67 bits per heavy atom. The molecule has 2 bridgehead atoms. The Morgan fingerprint density at radius 1 is 1.33 bits per heavy atom. The molecule has 0 unspecified atom stereocenters. The SMILES string of the molecule is Cc1ccc(Cl)cc1N/C=C1/C(=O)[C@]2(C)CC[C@@H]1C2(C)C. The number of nitrogens with one attached hydrogen (secondary N) is 1. The van der Waals surface area contributed by atoms with Gasteiger partial charge in [-0.05, 0) is 48.8 Å². The molecule has 2 saturated carbocycles. The minimum Gasteiger partial charge on any atom is -0.361 e. The van der Waals surface area contributed by atoms with Gasteiger partial charge in [0, 0.05) is 27.9 Å². The minimum atomic E-state index is -0.200. The van der Waals surface area contributed by atoms with E-state index in [9.17, 15) is 4.79 Å². The summed E-state index contributed by atoms with van der Waals surface area (Å²) >= 11 is 6.04. The molecule has 0 aromatic heterocycles. The standard InChI is InChI=1S/C18H22ClNO/c1-11-5-6-12(19)9-15(11)20-10-13-14-7-8-18(4,16(13)21)17(14,2)3/h5-6,9-10,14,20H,7-8H2,1-4H3/b13-10+/t14-,18-/m0/s1. The van der Waals surface area contributed by atoms with Crippen LogP contribution < -0.4 is 5.32 Å². The van der Waals surface area contributed by atoms with Crippen LogP contribution in [0.15, 0.2) is 30.0 Å². The summed E-state index contributed by atoms with van der Waals surface area (Å²) in [6.07, 6.45) is 4.03. The fourth-order valence-corrected chi connectivity index (χ4v) is 4.17. The molecule has 2 atom stereocenters. The largest absolute Gasteiger partial charge is 0.361 e. The van der Waals surface area contributed by atoms with Crippen LogP contribution in [0.3, 0.4) is 0 Å². The molecule has 3 heteroatoms. The first-order chi connectivity index (χ1) is 9.77. The maximum Gasteiger partial charge on any atom is 0.167 e. The normalized spacial score (nSPS) is 32.0. The molecule has 2 aliphatic carbocycles. The van der Waals surface area contributed by atoms with E-state index in [0.717, 1.165) is 29.7 Å². The van der Waals surface area contributed by atoms with Crippen molar-refractivity contribution in [2.75, 3.05) is 5.32 Å². The van der Waals surface area contributed by atoms with Crippen molar-refractivity contribution >= 4 is 23.1 Å². The summed E-state index contributed by atoms with van der Waals surface area (Å²) in [6, 6.07) is 5.76. The van der Waals surface area contributed by atoms with E-state index in [1.807, 2.05) is 31.3 Å². The van der Waals surface area contributed by atoms with Crippen LogP contribution in [0, 0.1) is 23.7 Å². The van der Waals surface area contributed by atoms with Crippen LogP contribution in [0.25, 0.3) is 0 Å². The zero-order valence-corrected chi connectivity index (χ0v) is 13.8. The van der Waals surface area contributed by atoms with E-state index in [-0.39, 0.29) is 10.8 Å². The van der Waals surface area contributed by atoms with Gasteiger partial charge in [-0.3, -0.25) is 4.79 Å². The number of carbonyl (C=O) groups is 1. The lowest BCUT2D eigenvalue weighted by atomic mass is 9.70. The Labute approximate surface area is 131 Å². The smallest absolute Gasteiger partial charge is 0.167 e. The van der Waals surface area contributed by atoms with Gasteiger partial charge < -0.3 is 5.32 Å². The summed E-state index contributed by atoms with van der Waals surface area (Å²) in [5.41, 5.74) is 2.90. The Kier molecular flexibility index (Phi) is 3.21. The van der Waals surface area contributed by atoms with Crippen molar-refractivity contribution in [1.29, 1.82) is 0 Å². The van der Waals surface area contributed by atoms with E-state index < -0.39 is 0 Å². The average molecular weight is 304 g/mol. The van der Waals surface area contributed by atoms with Gasteiger partial charge >= 0.3 is 0 Å². The van der Waals surface area contributed by atoms with Gasteiger partial charge in [0.05, 0.1) is 0 Å². The zero-order chi connectivity index (χ0) is 15.4. The fraction of sp³-hybridized carbons (Fsp3) is 0.500. The first kappa shape index (κ1) is 14.6. The van der Waals surface area contributed by atoms with Gasteiger partial charge in [0.2, 0.25) is 0 Å². The summed E-state index contributed by atoms with van der Waals surface area (Å²) in [6.45, 7) is 8.62. The molecule has 2 nitrogen and oxygen atoms in total. The summed E-state index contributed by atoms with van der Waals surface area (Å²) in [5.74, 6) is 0.679. The molecule has 21 heavy (non-hydrogen) atoms. The van der Waals surface area contributed by atoms with Gasteiger partial charge in [0.25, 0.3) is 0 Å². The van der Waals surface area contributed by atoms with Gasteiger partial charge in [0.1, 0.15) is 0 Å². The third-order valence-corrected chi connectivity index (χ3v) is 6.18. The highest BCUT2D eigenvalue weighted by molar-refractivity contribution is 6.30. The number of ketones is 1. The average Bonchev–Trinajstić information content (AvgIpc) is 2.73.